The molecule has 0 saturated carbocycles. The Hall–Kier alpha value is -2.02. The van der Waals surface area contributed by atoms with Gasteiger partial charge in [-0.15, -0.1) is 0 Å². The van der Waals surface area contributed by atoms with Crippen molar-refractivity contribution in [1.29, 1.82) is 5.41 Å². The molecule has 0 aliphatic heterocycles. The summed E-state index contributed by atoms with van der Waals surface area (Å²) in [6, 6.07) is 5.50. The van der Waals surface area contributed by atoms with E-state index in [9.17, 15) is 13.2 Å². The SMILES string of the molecule is N=C(N)c1cc(F)c(Oc2ccc(Br)cc2F)c(F)c1. The monoisotopic (exact) mass is 344 g/mol. The molecule has 0 saturated heterocycles. The van der Waals surface area contributed by atoms with Crippen LogP contribution in [0.5, 0.6) is 11.5 Å². The minimum absolute atomic E-state index is 0.122. The molecule has 2 rings (SSSR count). The Bertz CT molecular complexity index is 668. The molecule has 2 aromatic rings. The number of nitrogen functional groups attached to an aromatic ring is 1. The average molecular weight is 345 g/mol. The van der Waals surface area contributed by atoms with E-state index in [2.05, 4.69) is 15.9 Å². The Morgan fingerprint density at radius 2 is 1.65 bits per heavy atom. The maximum Gasteiger partial charge on any atom is 0.198 e. The maximum absolute atomic E-state index is 13.7. The van der Waals surface area contributed by atoms with Crippen molar-refractivity contribution in [3.63, 3.8) is 0 Å². The van der Waals surface area contributed by atoms with E-state index in [4.69, 9.17) is 15.9 Å². The van der Waals surface area contributed by atoms with Crippen molar-refractivity contribution < 1.29 is 17.9 Å². The zero-order valence-corrected chi connectivity index (χ0v) is 11.5. The highest BCUT2D eigenvalue weighted by Gasteiger charge is 2.16. The van der Waals surface area contributed by atoms with Crippen LogP contribution >= 0.6 is 15.9 Å². The van der Waals surface area contributed by atoms with Crippen molar-refractivity contribution in [3.8, 4) is 11.5 Å². The minimum Gasteiger partial charge on any atom is -0.448 e. The van der Waals surface area contributed by atoms with Crippen molar-refractivity contribution >= 4 is 21.8 Å². The first-order valence-electron chi connectivity index (χ1n) is 5.35. The van der Waals surface area contributed by atoms with Crippen LogP contribution < -0.4 is 10.5 Å². The Balaban J connectivity index is 2.41. The number of nitrogens with one attached hydrogen (secondary N) is 1. The molecule has 0 bridgehead atoms. The lowest BCUT2D eigenvalue weighted by atomic mass is 10.2. The number of rotatable bonds is 3. The number of ether oxygens (including phenoxy) is 1. The third kappa shape index (κ3) is 2.93. The third-order valence-electron chi connectivity index (χ3n) is 2.42. The van der Waals surface area contributed by atoms with Crippen LogP contribution in [0.3, 0.4) is 0 Å². The molecular weight excluding hydrogens is 337 g/mol. The number of benzene rings is 2. The first-order chi connectivity index (χ1) is 9.38. The number of halogens is 4. The van der Waals surface area contributed by atoms with Gasteiger partial charge in [-0.05, 0) is 30.3 Å². The quantitative estimate of drug-likeness (QED) is 0.654. The summed E-state index contributed by atoms with van der Waals surface area (Å²) >= 11 is 3.05. The fourth-order valence-corrected chi connectivity index (χ4v) is 1.81. The zero-order chi connectivity index (χ0) is 14.9. The van der Waals surface area contributed by atoms with Gasteiger partial charge in [-0.1, -0.05) is 15.9 Å². The van der Waals surface area contributed by atoms with Gasteiger partial charge in [-0.25, -0.2) is 13.2 Å². The lowest BCUT2D eigenvalue weighted by Crippen LogP contribution is -2.12. The smallest absolute Gasteiger partial charge is 0.198 e. The molecule has 0 aliphatic rings. The second-order valence-electron chi connectivity index (χ2n) is 3.86. The van der Waals surface area contributed by atoms with Crippen molar-refractivity contribution in [2.75, 3.05) is 0 Å². The van der Waals surface area contributed by atoms with Crippen LogP contribution in [0, 0.1) is 22.9 Å². The molecular formula is C13H8BrF3N2O. The van der Waals surface area contributed by atoms with Crippen molar-refractivity contribution in [2.24, 2.45) is 5.73 Å². The molecule has 0 spiro atoms. The highest BCUT2D eigenvalue weighted by Crippen LogP contribution is 2.31. The van der Waals surface area contributed by atoms with Crippen LogP contribution in [-0.4, -0.2) is 5.84 Å². The molecule has 7 heteroatoms. The molecule has 0 aromatic heterocycles. The number of amidine groups is 1. The van der Waals surface area contributed by atoms with E-state index in [1.54, 1.807) is 0 Å². The van der Waals surface area contributed by atoms with Crippen molar-refractivity contribution in [1.82, 2.24) is 0 Å². The summed E-state index contributed by atoms with van der Waals surface area (Å²) in [5, 5.41) is 7.12. The third-order valence-corrected chi connectivity index (χ3v) is 2.91. The highest BCUT2D eigenvalue weighted by atomic mass is 79.9. The molecule has 0 fully saturated rings. The summed E-state index contributed by atoms with van der Waals surface area (Å²) in [5.41, 5.74) is 5.02. The zero-order valence-electron chi connectivity index (χ0n) is 9.88. The van der Waals surface area contributed by atoms with E-state index >= 15 is 0 Å². The standard InChI is InChI=1S/C13H8BrF3N2O/c14-7-1-2-11(8(15)5-7)20-12-9(16)3-6(13(18)19)4-10(12)17/h1-5H,(H3,18,19). The molecule has 0 aliphatic carbocycles. The molecule has 0 radical (unpaired) electrons. The summed E-state index contributed by atoms with van der Waals surface area (Å²) in [5.74, 6) is -4.47. The summed E-state index contributed by atoms with van der Waals surface area (Å²) in [6.07, 6.45) is 0. The minimum atomic E-state index is -1.07. The molecule has 3 nitrogen and oxygen atoms in total. The molecule has 2 aromatic carbocycles. The van der Waals surface area contributed by atoms with Gasteiger partial charge >= 0.3 is 0 Å². The molecule has 3 N–H and O–H groups in total. The van der Waals surface area contributed by atoms with Crippen LogP contribution in [0.15, 0.2) is 34.8 Å². The van der Waals surface area contributed by atoms with Gasteiger partial charge in [0.25, 0.3) is 0 Å². The van der Waals surface area contributed by atoms with Gasteiger partial charge in [0.05, 0.1) is 0 Å². The molecule has 0 atom stereocenters. The first-order valence-corrected chi connectivity index (χ1v) is 6.14. The Labute approximate surface area is 120 Å². The average Bonchev–Trinajstić information content (AvgIpc) is 2.35. The number of hydrogen-bond donors (Lipinski definition) is 2. The van der Waals surface area contributed by atoms with Crippen LogP contribution in [0.2, 0.25) is 0 Å². The normalized spacial score (nSPS) is 10.4. The van der Waals surface area contributed by atoms with E-state index in [1.807, 2.05) is 0 Å². The molecule has 0 unspecified atom stereocenters. The molecule has 0 heterocycles. The second-order valence-corrected chi connectivity index (χ2v) is 4.78. The van der Waals surface area contributed by atoms with Crippen molar-refractivity contribution in [3.05, 3.63) is 57.8 Å². The Kier molecular flexibility index (Phi) is 3.99. The fraction of sp³-hybridized carbons (Fsp3) is 0. The van der Waals surface area contributed by atoms with Gasteiger partial charge < -0.3 is 10.5 Å². The Morgan fingerprint density at radius 3 is 2.15 bits per heavy atom. The van der Waals surface area contributed by atoms with E-state index < -0.39 is 29.0 Å². The van der Waals surface area contributed by atoms with Crippen LogP contribution in [0.1, 0.15) is 5.56 Å². The Morgan fingerprint density at radius 1 is 1.05 bits per heavy atom. The van der Waals surface area contributed by atoms with Crippen LogP contribution in [0.4, 0.5) is 13.2 Å². The lowest BCUT2D eigenvalue weighted by molar-refractivity contribution is 0.387. The van der Waals surface area contributed by atoms with Gasteiger partial charge in [0.1, 0.15) is 5.84 Å². The lowest BCUT2D eigenvalue weighted by Gasteiger charge is -2.10. The molecule has 0 amide bonds. The van der Waals surface area contributed by atoms with Gasteiger partial charge in [-0.3, -0.25) is 5.41 Å². The first kappa shape index (κ1) is 14.4. The van der Waals surface area contributed by atoms with Gasteiger partial charge in [0.15, 0.2) is 29.0 Å². The summed E-state index contributed by atoms with van der Waals surface area (Å²) in [4.78, 5) is 0. The van der Waals surface area contributed by atoms with E-state index in [-0.39, 0.29) is 11.3 Å². The van der Waals surface area contributed by atoms with E-state index in [1.165, 1.54) is 12.1 Å². The van der Waals surface area contributed by atoms with E-state index in [0.29, 0.717) is 4.47 Å². The van der Waals surface area contributed by atoms with E-state index in [0.717, 1.165) is 18.2 Å². The predicted octanol–water partition coefficient (Wildman–Crippen LogP) is 3.94. The van der Waals surface area contributed by atoms with Gasteiger partial charge in [0, 0.05) is 10.0 Å². The molecule has 20 heavy (non-hydrogen) atoms. The van der Waals surface area contributed by atoms with Crippen LogP contribution in [0.25, 0.3) is 0 Å². The highest BCUT2D eigenvalue weighted by molar-refractivity contribution is 9.10. The largest absolute Gasteiger partial charge is 0.448 e. The second kappa shape index (κ2) is 5.54. The van der Waals surface area contributed by atoms with Crippen molar-refractivity contribution in [2.45, 2.75) is 0 Å². The fourth-order valence-electron chi connectivity index (χ4n) is 1.48. The number of nitrogens with two attached hydrogens (primary N) is 1. The van der Waals surface area contributed by atoms with Gasteiger partial charge in [0.2, 0.25) is 0 Å². The summed E-state index contributed by atoms with van der Waals surface area (Å²) in [6.45, 7) is 0. The predicted molar refractivity (Wildman–Crippen MR) is 71.5 cm³/mol. The van der Waals surface area contributed by atoms with Gasteiger partial charge in [-0.2, -0.15) is 0 Å². The molecule has 104 valence electrons. The summed E-state index contributed by atoms with van der Waals surface area (Å²) < 4.78 is 46.4. The summed E-state index contributed by atoms with van der Waals surface area (Å²) in [7, 11) is 0. The topological polar surface area (TPSA) is 59.1 Å². The van der Waals surface area contributed by atoms with Crippen LogP contribution in [-0.2, 0) is 0 Å². The number of hydrogen-bond acceptors (Lipinski definition) is 2. The maximum atomic E-state index is 13.7.